The van der Waals surface area contributed by atoms with E-state index in [0.717, 1.165) is 12.1 Å². The van der Waals surface area contributed by atoms with Crippen LogP contribution in [-0.2, 0) is 6.54 Å². The van der Waals surface area contributed by atoms with Crippen LogP contribution in [0.3, 0.4) is 0 Å². The summed E-state index contributed by atoms with van der Waals surface area (Å²) in [5.41, 5.74) is 1.27. The summed E-state index contributed by atoms with van der Waals surface area (Å²) < 4.78 is 90.0. The molecule has 0 radical (unpaired) electrons. The molecular weight excluding hydrogens is 610 g/mol. The Morgan fingerprint density at radius 2 is 1.71 bits per heavy atom. The van der Waals surface area contributed by atoms with Crippen LogP contribution in [0.15, 0.2) is 61.4 Å². The van der Waals surface area contributed by atoms with E-state index in [9.17, 15) is 36.4 Å². The summed E-state index contributed by atoms with van der Waals surface area (Å²) >= 11 is 0. The van der Waals surface area contributed by atoms with Crippen molar-refractivity contribution in [3.05, 3.63) is 72.6 Å². The number of nitrogens with zero attached hydrogens (tertiary/aromatic N) is 7. The molecule has 17 heteroatoms. The first-order valence-electron chi connectivity index (χ1n) is 13.0. The molecule has 1 amide bonds. The molecule has 11 nitrogen and oxygen atoms in total. The van der Waals surface area contributed by atoms with Crippen LogP contribution >= 0.6 is 0 Å². The van der Waals surface area contributed by atoms with Gasteiger partial charge in [-0.15, -0.1) is 0 Å². The Kier molecular flexibility index (Phi) is 9.75. The minimum absolute atomic E-state index is 0.0543. The van der Waals surface area contributed by atoms with Gasteiger partial charge in [-0.2, -0.15) is 36.7 Å². The van der Waals surface area contributed by atoms with Crippen LogP contribution in [0.1, 0.15) is 22.8 Å². The van der Waals surface area contributed by atoms with E-state index in [4.69, 9.17) is 9.47 Å². The number of benzene rings is 2. The lowest BCUT2D eigenvalue weighted by Gasteiger charge is -2.25. The van der Waals surface area contributed by atoms with Crippen LogP contribution in [0.2, 0.25) is 0 Å². The van der Waals surface area contributed by atoms with E-state index in [1.165, 1.54) is 31.9 Å². The Labute approximate surface area is 252 Å². The number of amides is 1. The third-order valence-electron chi connectivity index (χ3n) is 6.05. The molecule has 1 unspecified atom stereocenters. The molecule has 4 aromatic rings. The molecule has 2 aromatic heterocycles. The molecule has 0 spiro atoms. The molecule has 2 heterocycles. The van der Waals surface area contributed by atoms with Crippen molar-refractivity contribution in [2.45, 2.75) is 31.9 Å². The van der Waals surface area contributed by atoms with Gasteiger partial charge in [0.15, 0.2) is 0 Å². The molecule has 0 aliphatic carbocycles. The molecular formula is C28H24F6N8O3. The molecule has 45 heavy (non-hydrogen) atoms. The summed E-state index contributed by atoms with van der Waals surface area (Å²) in [6.45, 7) is -1.95. The van der Waals surface area contributed by atoms with E-state index in [2.05, 4.69) is 31.4 Å². The summed E-state index contributed by atoms with van der Waals surface area (Å²) in [6, 6.07) is 10.4. The van der Waals surface area contributed by atoms with Gasteiger partial charge in [0.1, 0.15) is 49.4 Å². The van der Waals surface area contributed by atoms with Crippen molar-refractivity contribution in [1.29, 1.82) is 5.26 Å². The van der Waals surface area contributed by atoms with E-state index in [1.807, 2.05) is 6.92 Å². The third-order valence-corrected chi connectivity index (χ3v) is 6.05. The van der Waals surface area contributed by atoms with Crippen molar-refractivity contribution in [3.8, 4) is 28.7 Å². The zero-order chi connectivity index (χ0) is 32.8. The number of hydrogen-bond donors (Lipinski definition) is 1. The topological polar surface area (TPSA) is 131 Å². The number of nitriles is 1. The number of halogens is 6. The van der Waals surface area contributed by atoms with Crippen molar-refractivity contribution >= 4 is 17.5 Å². The number of nitrogens with one attached hydrogen (secondary N) is 1. The number of aromatic nitrogens is 5. The van der Waals surface area contributed by atoms with Gasteiger partial charge in [0, 0.05) is 23.5 Å². The highest BCUT2D eigenvalue weighted by Gasteiger charge is 2.40. The predicted octanol–water partition coefficient (Wildman–Crippen LogP) is 5.39. The van der Waals surface area contributed by atoms with Crippen molar-refractivity contribution in [2.75, 3.05) is 25.5 Å². The van der Waals surface area contributed by atoms with Crippen molar-refractivity contribution < 1.29 is 40.6 Å². The van der Waals surface area contributed by atoms with Gasteiger partial charge in [-0.1, -0.05) is 6.07 Å². The third kappa shape index (κ3) is 9.05. The lowest BCUT2D eigenvalue weighted by molar-refractivity contribution is -0.171. The van der Waals surface area contributed by atoms with E-state index in [-0.39, 0.29) is 28.4 Å². The summed E-state index contributed by atoms with van der Waals surface area (Å²) in [5, 5.41) is 16.4. The Hall–Kier alpha value is -5.40. The lowest BCUT2D eigenvalue weighted by atomic mass is 10.1. The average Bonchev–Trinajstić information content (AvgIpc) is 3.48. The normalized spacial score (nSPS) is 12.2. The van der Waals surface area contributed by atoms with Gasteiger partial charge in [0.25, 0.3) is 5.91 Å². The highest BCUT2D eigenvalue weighted by Crippen LogP contribution is 2.31. The molecule has 0 fully saturated rings. The predicted molar refractivity (Wildman–Crippen MR) is 147 cm³/mol. The summed E-state index contributed by atoms with van der Waals surface area (Å²) in [7, 11) is 1.21. The zero-order valence-corrected chi connectivity index (χ0v) is 23.6. The number of ether oxygens (including phenoxy) is 2. The summed E-state index contributed by atoms with van der Waals surface area (Å²) in [6.07, 6.45) is -4.52. The van der Waals surface area contributed by atoms with Gasteiger partial charge in [0.05, 0.1) is 24.9 Å². The smallest absolute Gasteiger partial charge is 0.406 e. The molecule has 4 rings (SSSR count). The number of anilines is 2. The largest absolute Gasteiger partial charge is 0.495 e. The molecule has 0 aliphatic heterocycles. The second-order valence-corrected chi connectivity index (χ2v) is 9.60. The standard InChI is InChI=1S/C28H24F6N8O3/c1-17(12-42-16-36-15-39-42)45-23-7-18(3-4-20(23)9-35)21-10-37-26(38-11-21)40-22-6-5-19(8-24(22)44-2)25(43)41(13-27(29,30)31)14-28(32,33)34/h3-8,10-11,15-17H,12-14H2,1-2H3,(H,37,38,40). The van der Waals surface area contributed by atoms with Gasteiger partial charge < -0.3 is 19.7 Å². The van der Waals surface area contributed by atoms with Gasteiger partial charge in [0.2, 0.25) is 5.95 Å². The van der Waals surface area contributed by atoms with Crippen LogP contribution in [0.5, 0.6) is 11.5 Å². The summed E-state index contributed by atoms with van der Waals surface area (Å²) in [5.74, 6) is -1.12. The quantitative estimate of drug-likeness (QED) is 0.216. The monoisotopic (exact) mass is 634 g/mol. The minimum atomic E-state index is -5.04. The molecule has 0 bridgehead atoms. The average molecular weight is 635 g/mol. The Bertz CT molecular complexity index is 1640. The van der Waals surface area contributed by atoms with Crippen molar-refractivity contribution in [3.63, 3.8) is 0 Å². The number of methoxy groups -OCH3 is 1. The fraction of sp³-hybridized carbons (Fsp3) is 0.286. The molecule has 1 N–H and O–H groups in total. The van der Waals surface area contributed by atoms with E-state index in [0.29, 0.717) is 29.0 Å². The second kappa shape index (κ2) is 13.5. The molecule has 236 valence electrons. The molecule has 1 atom stereocenters. The van der Waals surface area contributed by atoms with Crippen LogP contribution in [0, 0.1) is 11.3 Å². The summed E-state index contributed by atoms with van der Waals surface area (Å²) in [4.78, 5) is 24.6. The Balaban J connectivity index is 1.50. The van der Waals surface area contributed by atoms with Crippen molar-refractivity contribution in [2.24, 2.45) is 0 Å². The fourth-order valence-corrected chi connectivity index (χ4v) is 4.14. The number of carbonyl (C=O) groups excluding carboxylic acids is 1. The highest BCUT2D eigenvalue weighted by atomic mass is 19.4. The van der Waals surface area contributed by atoms with Gasteiger partial charge in [-0.3, -0.25) is 4.79 Å². The first-order valence-corrected chi connectivity index (χ1v) is 13.0. The van der Waals surface area contributed by atoms with Crippen LogP contribution in [0.4, 0.5) is 38.0 Å². The number of hydrogen-bond acceptors (Lipinski definition) is 9. The molecule has 2 aromatic carbocycles. The van der Waals surface area contributed by atoms with Crippen LogP contribution in [-0.4, -0.2) is 74.2 Å². The molecule has 0 saturated heterocycles. The van der Waals surface area contributed by atoms with Gasteiger partial charge >= 0.3 is 12.4 Å². The van der Waals surface area contributed by atoms with Crippen molar-refractivity contribution in [1.82, 2.24) is 29.6 Å². The Morgan fingerprint density at radius 1 is 1.02 bits per heavy atom. The lowest BCUT2D eigenvalue weighted by Crippen LogP contribution is -2.44. The fourth-order valence-electron chi connectivity index (χ4n) is 4.14. The maximum absolute atomic E-state index is 12.9. The first-order chi connectivity index (χ1) is 21.2. The SMILES string of the molecule is COc1cc(C(=O)N(CC(F)(F)F)CC(F)(F)F)ccc1Nc1ncc(-c2ccc(C#N)c(OC(C)Cn3cncn3)c2)cn1. The highest BCUT2D eigenvalue weighted by molar-refractivity contribution is 5.95. The molecule has 0 saturated carbocycles. The van der Waals surface area contributed by atoms with Crippen LogP contribution < -0.4 is 14.8 Å². The zero-order valence-electron chi connectivity index (χ0n) is 23.6. The van der Waals surface area contributed by atoms with E-state index in [1.54, 1.807) is 29.2 Å². The minimum Gasteiger partial charge on any atom is -0.495 e. The van der Waals surface area contributed by atoms with Gasteiger partial charge in [-0.05, 0) is 42.8 Å². The van der Waals surface area contributed by atoms with Gasteiger partial charge in [-0.25, -0.2) is 19.6 Å². The van der Waals surface area contributed by atoms with Crippen LogP contribution in [0.25, 0.3) is 11.1 Å². The maximum atomic E-state index is 12.9. The molecule has 0 aliphatic rings. The first kappa shape index (κ1) is 32.5. The number of carbonyl (C=O) groups is 1. The number of alkyl halides is 6. The van der Waals surface area contributed by atoms with E-state index < -0.39 is 36.9 Å². The second-order valence-electron chi connectivity index (χ2n) is 9.60. The van der Waals surface area contributed by atoms with E-state index >= 15 is 0 Å². The maximum Gasteiger partial charge on any atom is 0.406 e. The number of rotatable bonds is 11. The Morgan fingerprint density at radius 3 is 2.29 bits per heavy atom.